The molecule has 4 heteroatoms. The Hall–Kier alpha value is -1.06. The number of rotatable bonds is 7. The van der Waals surface area contributed by atoms with Crippen molar-refractivity contribution in [1.29, 1.82) is 0 Å². The van der Waals surface area contributed by atoms with Crippen molar-refractivity contribution in [2.45, 2.75) is 51.7 Å². The molecule has 1 aromatic rings. The highest BCUT2D eigenvalue weighted by Gasteiger charge is 2.32. The number of carbonyl (C=O) groups excluding carboxylic acids is 1. The minimum atomic E-state index is 0.197. The summed E-state index contributed by atoms with van der Waals surface area (Å²) >= 11 is 5.90. The average molecular weight is 295 g/mol. The van der Waals surface area contributed by atoms with Crippen LogP contribution in [0.4, 0.5) is 0 Å². The second kappa shape index (κ2) is 7.09. The normalized spacial score (nSPS) is 15.9. The Bertz CT molecular complexity index is 442. The maximum Gasteiger partial charge on any atom is 0.237 e. The summed E-state index contributed by atoms with van der Waals surface area (Å²) in [6, 6.07) is 8.56. The van der Waals surface area contributed by atoms with Crippen molar-refractivity contribution in [1.82, 2.24) is 10.2 Å². The molecule has 20 heavy (non-hydrogen) atoms. The van der Waals surface area contributed by atoms with Crippen LogP contribution in [0, 0.1) is 0 Å². The Morgan fingerprint density at radius 1 is 1.40 bits per heavy atom. The zero-order chi connectivity index (χ0) is 14.5. The highest BCUT2D eigenvalue weighted by Crippen LogP contribution is 2.28. The van der Waals surface area contributed by atoms with E-state index in [9.17, 15) is 4.79 Å². The largest absolute Gasteiger partial charge is 0.334 e. The van der Waals surface area contributed by atoms with E-state index < -0.39 is 0 Å². The van der Waals surface area contributed by atoms with Gasteiger partial charge in [-0.05, 0) is 43.9 Å². The second-order valence-electron chi connectivity index (χ2n) is 5.57. The molecule has 1 atom stereocenters. The van der Waals surface area contributed by atoms with Crippen molar-refractivity contribution < 1.29 is 4.79 Å². The van der Waals surface area contributed by atoms with Gasteiger partial charge in [-0.2, -0.15) is 0 Å². The van der Waals surface area contributed by atoms with Gasteiger partial charge in [-0.3, -0.25) is 4.79 Å². The van der Waals surface area contributed by atoms with Crippen molar-refractivity contribution in [2.24, 2.45) is 0 Å². The SMILES string of the molecule is CCC(C)NCC(=O)N(Cc1ccc(Cl)cc1)C1CC1. The third-order valence-corrected chi connectivity index (χ3v) is 4.04. The second-order valence-corrected chi connectivity index (χ2v) is 6.01. The van der Waals surface area contributed by atoms with E-state index in [1.165, 1.54) is 0 Å². The molecule has 0 saturated heterocycles. The average Bonchev–Trinajstić information content (AvgIpc) is 3.28. The smallest absolute Gasteiger partial charge is 0.237 e. The summed E-state index contributed by atoms with van der Waals surface area (Å²) in [5, 5.41) is 4.01. The molecule has 1 unspecified atom stereocenters. The summed E-state index contributed by atoms with van der Waals surface area (Å²) < 4.78 is 0. The Morgan fingerprint density at radius 2 is 2.05 bits per heavy atom. The monoisotopic (exact) mass is 294 g/mol. The van der Waals surface area contributed by atoms with E-state index in [1.54, 1.807) is 0 Å². The van der Waals surface area contributed by atoms with Gasteiger partial charge in [0.1, 0.15) is 0 Å². The molecule has 1 aliphatic carbocycles. The lowest BCUT2D eigenvalue weighted by atomic mass is 10.2. The molecule has 1 amide bonds. The predicted molar refractivity (Wildman–Crippen MR) is 82.8 cm³/mol. The number of carbonyl (C=O) groups is 1. The van der Waals surface area contributed by atoms with Gasteiger partial charge in [-0.15, -0.1) is 0 Å². The van der Waals surface area contributed by atoms with Crippen LogP contribution in [0.3, 0.4) is 0 Å². The van der Waals surface area contributed by atoms with Gasteiger partial charge in [0.25, 0.3) is 0 Å². The molecule has 2 rings (SSSR count). The minimum absolute atomic E-state index is 0.197. The van der Waals surface area contributed by atoms with Crippen LogP contribution in [0.1, 0.15) is 38.7 Å². The summed E-state index contributed by atoms with van der Waals surface area (Å²) in [6.45, 7) is 5.34. The van der Waals surface area contributed by atoms with Gasteiger partial charge in [0, 0.05) is 23.7 Å². The number of benzene rings is 1. The van der Waals surface area contributed by atoms with Gasteiger partial charge in [0.05, 0.1) is 6.54 Å². The number of hydrogen-bond donors (Lipinski definition) is 1. The number of hydrogen-bond acceptors (Lipinski definition) is 2. The topological polar surface area (TPSA) is 32.3 Å². The van der Waals surface area contributed by atoms with Gasteiger partial charge in [-0.25, -0.2) is 0 Å². The molecule has 0 aromatic heterocycles. The Balaban J connectivity index is 1.93. The lowest BCUT2D eigenvalue weighted by molar-refractivity contribution is -0.131. The fraction of sp³-hybridized carbons (Fsp3) is 0.562. The first-order chi connectivity index (χ1) is 9.60. The third-order valence-electron chi connectivity index (χ3n) is 3.79. The zero-order valence-corrected chi connectivity index (χ0v) is 13.0. The first kappa shape index (κ1) is 15.3. The van der Waals surface area contributed by atoms with Crippen LogP contribution in [0.25, 0.3) is 0 Å². The highest BCUT2D eigenvalue weighted by atomic mass is 35.5. The molecule has 1 N–H and O–H groups in total. The summed E-state index contributed by atoms with van der Waals surface area (Å²) in [4.78, 5) is 14.4. The van der Waals surface area contributed by atoms with E-state index in [0.717, 1.165) is 29.8 Å². The number of halogens is 1. The lowest BCUT2D eigenvalue weighted by Gasteiger charge is -2.24. The molecule has 0 aliphatic heterocycles. The lowest BCUT2D eigenvalue weighted by Crippen LogP contribution is -2.41. The molecule has 1 saturated carbocycles. The molecule has 110 valence electrons. The van der Waals surface area contributed by atoms with Crippen LogP contribution < -0.4 is 5.32 Å². The van der Waals surface area contributed by atoms with Crippen molar-refractivity contribution in [3.05, 3.63) is 34.9 Å². The molecule has 1 aliphatic rings. The van der Waals surface area contributed by atoms with E-state index in [-0.39, 0.29) is 5.91 Å². The molecule has 3 nitrogen and oxygen atoms in total. The van der Waals surface area contributed by atoms with Crippen LogP contribution in [0.5, 0.6) is 0 Å². The van der Waals surface area contributed by atoms with E-state index in [0.29, 0.717) is 25.2 Å². The zero-order valence-electron chi connectivity index (χ0n) is 12.2. The third kappa shape index (κ3) is 4.50. The summed E-state index contributed by atoms with van der Waals surface area (Å²) in [5.41, 5.74) is 1.14. The van der Waals surface area contributed by atoms with Gasteiger partial charge >= 0.3 is 0 Å². The summed E-state index contributed by atoms with van der Waals surface area (Å²) in [7, 11) is 0. The quantitative estimate of drug-likeness (QED) is 0.837. The van der Waals surface area contributed by atoms with Crippen LogP contribution in [-0.4, -0.2) is 29.4 Å². The Labute approximate surface area is 126 Å². The fourth-order valence-corrected chi connectivity index (χ4v) is 2.23. The van der Waals surface area contributed by atoms with Gasteiger partial charge in [-0.1, -0.05) is 30.7 Å². The number of nitrogens with one attached hydrogen (secondary N) is 1. The Kier molecular flexibility index (Phi) is 5.44. The molecule has 0 radical (unpaired) electrons. The summed E-state index contributed by atoms with van der Waals surface area (Å²) in [6.07, 6.45) is 3.29. The Morgan fingerprint density at radius 3 is 2.60 bits per heavy atom. The molecular formula is C16H23ClN2O. The minimum Gasteiger partial charge on any atom is -0.334 e. The van der Waals surface area contributed by atoms with Crippen LogP contribution >= 0.6 is 11.6 Å². The first-order valence-corrected chi connectivity index (χ1v) is 7.75. The highest BCUT2D eigenvalue weighted by molar-refractivity contribution is 6.30. The maximum atomic E-state index is 12.4. The predicted octanol–water partition coefficient (Wildman–Crippen LogP) is 3.22. The van der Waals surface area contributed by atoms with Crippen LogP contribution in [0.2, 0.25) is 5.02 Å². The van der Waals surface area contributed by atoms with Crippen molar-refractivity contribution in [3.8, 4) is 0 Å². The fourth-order valence-electron chi connectivity index (χ4n) is 2.10. The van der Waals surface area contributed by atoms with Gasteiger partial charge in [0.15, 0.2) is 0 Å². The van der Waals surface area contributed by atoms with E-state index in [1.807, 2.05) is 29.2 Å². The molecular weight excluding hydrogens is 272 g/mol. The molecule has 0 spiro atoms. The molecule has 0 bridgehead atoms. The van der Waals surface area contributed by atoms with E-state index in [2.05, 4.69) is 19.2 Å². The van der Waals surface area contributed by atoms with Crippen LogP contribution in [-0.2, 0) is 11.3 Å². The molecule has 1 aromatic carbocycles. The van der Waals surface area contributed by atoms with E-state index in [4.69, 9.17) is 11.6 Å². The van der Waals surface area contributed by atoms with Gasteiger partial charge in [0.2, 0.25) is 5.91 Å². The van der Waals surface area contributed by atoms with Crippen LogP contribution in [0.15, 0.2) is 24.3 Å². The first-order valence-electron chi connectivity index (χ1n) is 7.37. The van der Waals surface area contributed by atoms with Crippen molar-refractivity contribution in [3.63, 3.8) is 0 Å². The standard InChI is InChI=1S/C16H23ClN2O/c1-3-12(2)18-10-16(20)19(15-8-9-15)11-13-4-6-14(17)7-5-13/h4-7,12,15,18H,3,8-11H2,1-2H3. The maximum absolute atomic E-state index is 12.4. The van der Waals surface area contributed by atoms with Gasteiger partial charge < -0.3 is 10.2 Å². The molecule has 0 heterocycles. The molecule has 1 fully saturated rings. The summed E-state index contributed by atoms with van der Waals surface area (Å²) in [5.74, 6) is 0.197. The number of amides is 1. The number of nitrogens with zero attached hydrogens (tertiary/aromatic N) is 1. The van der Waals surface area contributed by atoms with Crippen molar-refractivity contribution in [2.75, 3.05) is 6.54 Å². The van der Waals surface area contributed by atoms with Crippen molar-refractivity contribution >= 4 is 17.5 Å². The van der Waals surface area contributed by atoms with E-state index >= 15 is 0 Å².